The lowest BCUT2D eigenvalue weighted by Gasteiger charge is -2.10. The van der Waals surface area contributed by atoms with Crippen molar-refractivity contribution in [2.24, 2.45) is 0 Å². The van der Waals surface area contributed by atoms with Crippen molar-refractivity contribution in [3.05, 3.63) is 65.7 Å². The molecule has 0 saturated heterocycles. The summed E-state index contributed by atoms with van der Waals surface area (Å²) >= 11 is 0. The Morgan fingerprint density at radius 1 is 1.10 bits per heavy atom. The van der Waals surface area contributed by atoms with Gasteiger partial charge in [-0.1, -0.05) is 37.3 Å². The van der Waals surface area contributed by atoms with E-state index < -0.39 is 6.10 Å². The summed E-state index contributed by atoms with van der Waals surface area (Å²) in [6.45, 7) is 2.69. The second kappa shape index (κ2) is 6.87. The molecule has 20 heavy (non-hydrogen) atoms. The van der Waals surface area contributed by atoms with Crippen molar-refractivity contribution >= 4 is 5.78 Å². The maximum absolute atomic E-state index is 12.2. The molecule has 104 valence electrons. The smallest absolute Gasteiger partial charge is 0.195 e. The minimum Gasteiger partial charge on any atom is -0.494 e. The number of Topliss-reactive ketones (excluding diaryl/α,β-unsaturated/α-hetero) is 1. The van der Waals surface area contributed by atoms with Gasteiger partial charge < -0.3 is 9.84 Å². The van der Waals surface area contributed by atoms with Gasteiger partial charge in [-0.2, -0.15) is 0 Å². The lowest BCUT2D eigenvalue weighted by molar-refractivity contribution is 0.0747. The van der Waals surface area contributed by atoms with Crippen LogP contribution in [0.4, 0.5) is 0 Å². The Morgan fingerprint density at radius 3 is 2.35 bits per heavy atom. The second-order valence-electron chi connectivity index (χ2n) is 4.55. The molecule has 0 aliphatic carbocycles. The van der Waals surface area contributed by atoms with Crippen LogP contribution in [0.3, 0.4) is 0 Å². The molecule has 0 aromatic heterocycles. The second-order valence-corrected chi connectivity index (χ2v) is 4.55. The van der Waals surface area contributed by atoms with Crippen molar-refractivity contribution in [1.29, 1.82) is 0 Å². The maximum Gasteiger partial charge on any atom is 0.195 e. The number of hydrogen-bond acceptors (Lipinski definition) is 3. The normalized spacial score (nSPS) is 11.9. The monoisotopic (exact) mass is 270 g/mol. The summed E-state index contributed by atoms with van der Waals surface area (Å²) in [6, 6.07) is 15.8. The number of aliphatic hydroxyl groups excluding tert-OH is 1. The summed E-state index contributed by atoms with van der Waals surface area (Å²) in [4.78, 5) is 12.2. The van der Waals surface area contributed by atoms with Crippen LogP contribution >= 0.6 is 0 Å². The highest BCUT2D eigenvalue weighted by Crippen LogP contribution is 2.20. The van der Waals surface area contributed by atoms with Gasteiger partial charge in [0.25, 0.3) is 0 Å². The van der Waals surface area contributed by atoms with Crippen molar-refractivity contribution in [3.63, 3.8) is 0 Å². The molecule has 0 heterocycles. The van der Waals surface area contributed by atoms with E-state index in [1.54, 1.807) is 48.5 Å². The molecule has 2 aromatic carbocycles. The summed E-state index contributed by atoms with van der Waals surface area (Å²) in [5, 5.41) is 10.1. The Bertz CT molecular complexity index is 546. The zero-order valence-corrected chi connectivity index (χ0v) is 11.5. The average Bonchev–Trinajstić information content (AvgIpc) is 2.53. The van der Waals surface area contributed by atoms with Gasteiger partial charge in [-0.15, -0.1) is 0 Å². The summed E-state index contributed by atoms with van der Waals surface area (Å²) in [5.41, 5.74) is 1.08. The van der Waals surface area contributed by atoms with Gasteiger partial charge in [0.1, 0.15) is 11.9 Å². The van der Waals surface area contributed by atoms with E-state index in [0.29, 0.717) is 17.7 Å². The fourth-order valence-electron chi connectivity index (χ4n) is 1.88. The Labute approximate surface area is 118 Å². The van der Waals surface area contributed by atoms with Crippen molar-refractivity contribution in [1.82, 2.24) is 0 Å². The highest BCUT2D eigenvalue weighted by molar-refractivity contribution is 5.99. The molecule has 0 spiro atoms. The summed E-state index contributed by atoms with van der Waals surface area (Å²) < 4.78 is 5.46. The third-order valence-electron chi connectivity index (χ3n) is 2.98. The zero-order valence-electron chi connectivity index (χ0n) is 11.5. The van der Waals surface area contributed by atoms with Gasteiger partial charge in [-0.3, -0.25) is 4.79 Å². The minimum absolute atomic E-state index is 0.307. The Kier molecular flexibility index (Phi) is 4.91. The van der Waals surface area contributed by atoms with Crippen LogP contribution in [-0.2, 0) is 0 Å². The Balaban J connectivity index is 2.09. The van der Waals surface area contributed by atoms with Gasteiger partial charge in [0.15, 0.2) is 5.78 Å². The van der Waals surface area contributed by atoms with Crippen LogP contribution in [0.1, 0.15) is 35.4 Å². The van der Waals surface area contributed by atoms with Gasteiger partial charge in [-0.05, 0) is 36.2 Å². The van der Waals surface area contributed by atoms with Crippen LogP contribution in [0.25, 0.3) is 0 Å². The van der Waals surface area contributed by atoms with Crippen molar-refractivity contribution in [3.8, 4) is 5.75 Å². The molecular formula is C17H18O3. The number of carbonyl (C=O) groups excluding carboxylic acids is 1. The van der Waals surface area contributed by atoms with Crippen LogP contribution in [-0.4, -0.2) is 17.5 Å². The molecule has 3 nitrogen and oxygen atoms in total. The lowest BCUT2D eigenvalue weighted by atomic mass is 10.00. The molecule has 1 unspecified atom stereocenters. The number of carbonyl (C=O) groups is 1. The molecule has 2 rings (SSSR count). The third kappa shape index (κ3) is 3.45. The first-order valence-electron chi connectivity index (χ1n) is 6.72. The molecule has 0 radical (unpaired) electrons. The van der Waals surface area contributed by atoms with E-state index in [9.17, 15) is 9.90 Å². The maximum atomic E-state index is 12.2. The third-order valence-corrected chi connectivity index (χ3v) is 2.98. The highest BCUT2D eigenvalue weighted by atomic mass is 16.5. The fraction of sp³-hybridized carbons (Fsp3) is 0.235. The van der Waals surface area contributed by atoms with E-state index >= 15 is 0 Å². The predicted octanol–water partition coefficient (Wildman–Crippen LogP) is 3.39. The molecule has 0 fully saturated rings. The molecule has 3 heteroatoms. The quantitative estimate of drug-likeness (QED) is 0.818. The molecule has 0 bridgehead atoms. The summed E-state index contributed by atoms with van der Waals surface area (Å²) in [6.07, 6.45) is -0.188. The molecule has 0 amide bonds. The van der Waals surface area contributed by atoms with Crippen molar-refractivity contribution in [2.45, 2.75) is 19.4 Å². The molecular weight excluding hydrogens is 252 g/mol. The molecule has 1 atom stereocenters. The molecule has 1 N–H and O–H groups in total. The van der Waals surface area contributed by atoms with E-state index in [2.05, 4.69) is 0 Å². The van der Waals surface area contributed by atoms with E-state index in [4.69, 9.17) is 4.74 Å². The first-order valence-corrected chi connectivity index (χ1v) is 6.72. The molecule has 0 aliphatic heterocycles. The summed E-state index contributed by atoms with van der Waals surface area (Å²) in [7, 11) is 0. The van der Waals surface area contributed by atoms with Crippen LogP contribution < -0.4 is 4.74 Å². The van der Waals surface area contributed by atoms with Crippen LogP contribution in [0.15, 0.2) is 54.6 Å². The molecule has 0 aliphatic rings. The van der Waals surface area contributed by atoms with Crippen LogP contribution in [0.2, 0.25) is 0 Å². The first-order chi connectivity index (χ1) is 9.72. The zero-order chi connectivity index (χ0) is 14.4. The van der Waals surface area contributed by atoms with Gasteiger partial charge >= 0.3 is 0 Å². The number of ether oxygens (including phenoxy) is 1. The average molecular weight is 270 g/mol. The van der Waals surface area contributed by atoms with Gasteiger partial charge in [-0.25, -0.2) is 0 Å². The summed E-state index contributed by atoms with van der Waals surface area (Å²) in [5.74, 6) is 0.427. The SMILES string of the molecule is CCCOc1ccc(C(=O)C(O)c2ccccc2)cc1. The molecule has 0 saturated carbocycles. The number of hydrogen-bond donors (Lipinski definition) is 1. The highest BCUT2D eigenvalue weighted by Gasteiger charge is 2.18. The Hall–Kier alpha value is -2.13. The minimum atomic E-state index is -1.13. The largest absolute Gasteiger partial charge is 0.494 e. The van der Waals surface area contributed by atoms with E-state index in [-0.39, 0.29) is 5.78 Å². The number of benzene rings is 2. The predicted molar refractivity (Wildman–Crippen MR) is 78.0 cm³/mol. The van der Waals surface area contributed by atoms with Gasteiger partial charge in [0, 0.05) is 5.56 Å². The van der Waals surface area contributed by atoms with Gasteiger partial charge in [0.05, 0.1) is 6.61 Å². The van der Waals surface area contributed by atoms with Crippen molar-refractivity contribution < 1.29 is 14.6 Å². The number of aliphatic hydroxyl groups is 1. The number of rotatable bonds is 6. The van der Waals surface area contributed by atoms with E-state index in [1.807, 2.05) is 13.0 Å². The van der Waals surface area contributed by atoms with Crippen molar-refractivity contribution in [2.75, 3.05) is 6.61 Å². The molecule has 2 aromatic rings. The first kappa shape index (κ1) is 14.3. The standard InChI is InChI=1S/C17H18O3/c1-2-12-20-15-10-8-14(9-11-15)17(19)16(18)13-6-4-3-5-7-13/h3-11,16,18H,2,12H2,1H3. The van der Waals surface area contributed by atoms with Crippen LogP contribution in [0.5, 0.6) is 5.75 Å². The van der Waals surface area contributed by atoms with E-state index in [1.165, 1.54) is 0 Å². The topological polar surface area (TPSA) is 46.5 Å². The Morgan fingerprint density at radius 2 is 1.75 bits per heavy atom. The lowest BCUT2D eigenvalue weighted by Crippen LogP contribution is -2.12. The van der Waals surface area contributed by atoms with Crippen LogP contribution in [0, 0.1) is 0 Å². The van der Waals surface area contributed by atoms with E-state index in [0.717, 1.165) is 12.2 Å². The van der Waals surface area contributed by atoms with Gasteiger partial charge in [0.2, 0.25) is 0 Å². The fourth-order valence-corrected chi connectivity index (χ4v) is 1.88. The number of ketones is 1.